The van der Waals surface area contributed by atoms with Crippen LogP contribution in [0.4, 0.5) is 0 Å². The molecule has 2 rings (SSSR count). The van der Waals surface area contributed by atoms with Crippen molar-refractivity contribution >= 4 is 5.91 Å². The van der Waals surface area contributed by atoms with Crippen LogP contribution in [0, 0.1) is 5.41 Å². The summed E-state index contributed by atoms with van der Waals surface area (Å²) in [5, 5.41) is 6.58. The minimum absolute atomic E-state index is 0.216. The monoisotopic (exact) mass is 210 g/mol. The van der Waals surface area contributed by atoms with E-state index in [9.17, 15) is 4.79 Å². The van der Waals surface area contributed by atoms with E-state index in [1.165, 1.54) is 19.3 Å². The predicted molar refractivity (Wildman–Crippen MR) is 60.6 cm³/mol. The van der Waals surface area contributed by atoms with Crippen LogP contribution < -0.4 is 10.6 Å². The summed E-state index contributed by atoms with van der Waals surface area (Å²) in [6, 6.07) is 1.04. The average molecular weight is 210 g/mol. The van der Waals surface area contributed by atoms with E-state index in [4.69, 9.17) is 0 Å². The lowest BCUT2D eigenvalue weighted by Gasteiger charge is -2.19. The molecule has 15 heavy (non-hydrogen) atoms. The van der Waals surface area contributed by atoms with Gasteiger partial charge in [0.2, 0.25) is 5.91 Å². The zero-order valence-corrected chi connectivity index (χ0v) is 9.81. The van der Waals surface area contributed by atoms with E-state index in [0.29, 0.717) is 23.9 Å². The highest BCUT2D eigenvalue weighted by Gasteiger charge is 2.31. The van der Waals surface area contributed by atoms with Crippen LogP contribution in [-0.4, -0.2) is 24.5 Å². The Morgan fingerprint density at radius 3 is 2.80 bits per heavy atom. The maximum Gasteiger partial charge on any atom is 0.220 e. The van der Waals surface area contributed by atoms with Crippen LogP contribution in [0.3, 0.4) is 0 Å². The molecule has 0 aromatic carbocycles. The smallest absolute Gasteiger partial charge is 0.220 e. The van der Waals surface area contributed by atoms with Gasteiger partial charge >= 0.3 is 0 Å². The van der Waals surface area contributed by atoms with Gasteiger partial charge < -0.3 is 10.6 Å². The summed E-state index contributed by atoms with van der Waals surface area (Å²) in [5.74, 6) is 0.216. The Morgan fingerprint density at radius 1 is 1.47 bits per heavy atom. The summed E-state index contributed by atoms with van der Waals surface area (Å²) < 4.78 is 0. The summed E-state index contributed by atoms with van der Waals surface area (Å²) in [7, 11) is 0. The molecule has 0 aromatic heterocycles. The van der Waals surface area contributed by atoms with Crippen LogP contribution in [0.5, 0.6) is 0 Å². The first-order valence-corrected chi connectivity index (χ1v) is 6.08. The van der Waals surface area contributed by atoms with E-state index < -0.39 is 0 Å². The van der Waals surface area contributed by atoms with Crippen molar-refractivity contribution in [1.29, 1.82) is 0 Å². The fourth-order valence-electron chi connectivity index (χ4n) is 2.75. The van der Waals surface area contributed by atoms with Crippen molar-refractivity contribution in [3.05, 3.63) is 0 Å². The van der Waals surface area contributed by atoms with Crippen molar-refractivity contribution in [2.45, 2.75) is 58.0 Å². The highest BCUT2D eigenvalue weighted by atomic mass is 16.1. The van der Waals surface area contributed by atoms with Gasteiger partial charge in [-0.25, -0.2) is 0 Å². The summed E-state index contributed by atoms with van der Waals surface area (Å²) in [6.45, 7) is 5.63. The predicted octanol–water partition coefficient (Wildman–Crippen LogP) is 1.43. The third-order valence-electron chi connectivity index (χ3n) is 3.71. The molecule has 0 bridgehead atoms. The summed E-state index contributed by atoms with van der Waals surface area (Å²) >= 11 is 0. The molecule has 1 aliphatic heterocycles. The molecular weight excluding hydrogens is 188 g/mol. The molecule has 0 aromatic rings. The fourth-order valence-corrected chi connectivity index (χ4v) is 2.75. The van der Waals surface area contributed by atoms with Gasteiger partial charge in [0, 0.05) is 25.0 Å². The molecule has 2 atom stereocenters. The van der Waals surface area contributed by atoms with Crippen LogP contribution >= 0.6 is 0 Å². The minimum Gasteiger partial charge on any atom is -0.352 e. The van der Waals surface area contributed by atoms with Crippen molar-refractivity contribution in [2.75, 3.05) is 6.54 Å². The quantitative estimate of drug-likeness (QED) is 0.740. The molecular formula is C12H22N2O. The SMILES string of the molecule is CC1(C)CCC(NCC2CCC(=O)N2)C1. The largest absolute Gasteiger partial charge is 0.352 e. The average Bonchev–Trinajstić information content (AvgIpc) is 2.69. The number of carbonyl (C=O) groups is 1. The van der Waals surface area contributed by atoms with E-state index in [1.54, 1.807) is 0 Å². The van der Waals surface area contributed by atoms with E-state index in [0.717, 1.165) is 13.0 Å². The van der Waals surface area contributed by atoms with E-state index in [1.807, 2.05) is 0 Å². The molecule has 1 heterocycles. The van der Waals surface area contributed by atoms with Gasteiger partial charge in [-0.3, -0.25) is 4.79 Å². The second-order valence-corrected chi connectivity index (χ2v) is 5.82. The highest BCUT2D eigenvalue weighted by Crippen LogP contribution is 2.36. The Hall–Kier alpha value is -0.570. The molecule has 86 valence electrons. The zero-order chi connectivity index (χ0) is 10.9. The minimum atomic E-state index is 0.216. The normalized spacial score (nSPS) is 34.4. The van der Waals surface area contributed by atoms with Gasteiger partial charge in [-0.1, -0.05) is 13.8 Å². The number of hydrogen-bond donors (Lipinski definition) is 2. The van der Waals surface area contributed by atoms with Gasteiger partial charge in [-0.15, -0.1) is 0 Å². The van der Waals surface area contributed by atoms with Gasteiger partial charge in [-0.05, 0) is 31.1 Å². The standard InChI is InChI=1S/C12H22N2O/c1-12(2)6-5-9(7-12)13-8-10-3-4-11(15)14-10/h9-10,13H,3-8H2,1-2H3,(H,14,15). The molecule has 1 saturated heterocycles. The number of amides is 1. The van der Waals surface area contributed by atoms with E-state index in [-0.39, 0.29) is 5.91 Å². The maximum absolute atomic E-state index is 11.0. The molecule has 3 nitrogen and oxygen atoms in total. The first-order chi connectivity index (χ1) is 7.05. The van der Waals surface area contributed by atoms with Crippen LogP contribution in [0.25, 0.3) is 0 Å². The summed E-state index contributed by atoms with van der Waals surface area (Å²) in [6.07, 6.45) is 5.59. The topological polar surface area (TPSA) is 41.1 Å². The van der Waals surface area contributed by atoms with Crippen LogP contribution in [0.2, 0.25) is 0 Å². The molecule has 2 N–H and O–H groups in total. The van der Waals surface area contributed by atoms with Gasteiger partial charge in [-0.2, -0.15) is 0 Å². The second-order valence-electron chi connectivity index (χ2n) is 5.82. The zero-order valence-electron chi connectivity index (χ0n) is 9.81. The fraction of sp³-hybridized carbons (Fsp3) is 0.917. The van der Waals surface area contributed by atoms with Crippen LogP contribution in [-0.2, 0) is 4.79 Å². The van der Waals surface area contributed by atoms with Crippen LogP contribution in [0.15, 0.2) is 0 Å². The maximum atomic E-state index is 11.0. The lowest BCUT2D eigenvalue weighted by atomic mass is 9.92. The number of carbonyl (C=O) groups excluding carboxylic acids is 1. The lowest BCUT2D eigenvalue weighted by Crippen LogP contribution is -2.39. The molecule has 1 amide bonds. The Kier molecular flexibility index (Phi) is 3.01. The lowest BCUT2D eigenvalue weighted by molar-refractivity contribution is -0.119. The van der Waals surface area contributed by atoms with Gasteiger partial charge in [0.25, 0.3) is 0 Å². The van der Waals surface area contributed by atoms with Gasteiger partial charge in [0.1, 0.15) is 0 Å². The first kappa shape index (κ1) is 10.9. The Bertz CT molecular complexity index is 250. The third kappa shape index (κ3) is 2.94. The molecule has 2 unspecified atom stereocenters. The molecule has 3 heteroatoms. The summed E-state index contributed by atoms with van der Waals surface area (Å²) in [5.41, 5.74) is 0.511. The Morgan fingerprint density at radius 2 is 2.27 bits per heavy atom. The van der Waals surface area contributed by atoms with Crippen molar-refractivity contribution in [1.82, 2.24) is 10.6 Å². The van der Waals surface area contributed by atoms with Gasteiger partial charge in [0.15, 0.2) is 0 Å². The summed E-state index contributed by atoms with van der Waals surface area (Å²) in [4.78, 5) is 11.0. The number of hydrogen-bond acceptors (Lipinski definition) is 2. The Labute approximate surface area is 92.0 Å². The van der Waals surface area contributed by atoms with Crippen molar-refractivity contribution in [2.24, 2.45) is 5.41 Å². The van der Waals surface area contributed by atoms with E-state index >= 15 is 0 Å². The van der Waals surface area contributed by atoms with Crippen molar-refractivity contribution in [3.63, 3.8) is 0 Å². The molecule has 2 aliphatic rings. The molecule has 1 saturated carbocycles. The molecule has 2 fully saturated rings. The Balaban J connectivity index is 1.68. The van der Waals surface area contributed by atoms with Crippen LogP contribution in [0.1, 0.15) is 46.0 Å². The number of nitrogens with one attached hydrogen (secondary N) is 2. The number of rotatable bonds is 3. The van der Waals surface area contributed by atoms with Crippen molar-refractivity contribution in [3.8, 4) is 0 Å². The van der Waals surface area contributed by atoms with Crippen molar-refractivity contribution < 1.29 is 4.79 Å². The van der Waals surface area contributed by atoms with Gasteiger partial charge in [0.05, 0.1) is 0 Å². The molecule has 0 spiro atoms. The first-order valence-electron chi connectivity index (χ1n) is 6.08. The molecule has 1 aliphatic carbocycles. The van der Waals surface area contributed by atoms with E-state index in [2.05, 4.69) is 24.5 Å². The molecule has 0 radical (unpaired) electrons. The third-order valence-corrected chi connectivity index (χ3v) is 3.71. The highest BCUT2D eigenvalue weighted by molar-refractivity contribution is 5.78. The second kappa shape index (κ2) is 4.12.